The summed E-state index contributed by atoms with van der Waals surface area (Å²) >= 11 is 0. The van der Waals surface area contributed by atoms with Gasteiger partial charge in [-0.1, -0.05) is 13.8 Å². The predicted octanol–water partition coefficient (Wildman–Crippen LogP) is 1.94. The average Bonchev–Trinajstić information content (AvgIpc) is 2.25. The molecule has 0 aliphatic carbocycles. The zero-order chi connectivity index (χ0) is 11.9. The van der Waals surface area contributed by atoms with E-state index in [0.29, 0.717) is 0 Å². The number of methoxy groups -OCH3 is 1. The molecule has 0 rings (SSSR count). The molecular weight excluding hydrogens is 190 g/mol. The third-order valence-electron chi connectivity index (χ3n) is 3.44. The minimum atomic E-state index is -0.107. The number of aliphatic hydroxyl groups is 1. The van der Waals surface area contributed by atoms with Gasteiger partial charge < -0.3 is 15.2 Å². The lowest BCUT2D eigenvalue weighted by Gasteiger charge is -2.33. The van der Waals surface area contributed by atoms with Gasteiger partial charge in [0.2, 0.25) is 0 Å². The lowest BCUT2D eigenvalue weighted by molar-refractivity contribution is 0.0126. The number of rotatable bonds is 8. The molecule has 0 spiro atoms. The van der Waals surface area contributed by atoms with Gasteiger partial charge in [0.15, 0.2) is 0 Å². The Kier molecular flexibility index (Phi) is 6.41. The van der Waals surface area contributed by atoms with Gasteiger partial charge in [0.1, 0.15) is 0 Å². The number of hydrogen-bond acceptors (Lipinski definition) is 3. The summed E-state index contributed by atoms with van der Waals surface area (Å²) in [5, 5.41) is 12.8. The molecule has 15 heavy (non-hydrogen) atoms. The molecule has 0 amide bonds. The van der Waals surface area contributed by atoms with Crippen LogP contribution in [0.3, 0.4) is 0 Å². The van der Waals surface area contributed by atoms with E-state index >= 15 is 0 Å². The second-order valence-electron chi connectivity index (χ2n) is 4.79. The maximum absolute atomic E-state index is 9.37. The first-order valence-corrected chi connectivity index (χ1v) is 5.86. The highest BCUT2D eigenvalue weighted by Crippen LogP contribution is 2.16. The van der Waals surface area contributed by atoms with Gasteiger partial charge in [0.25, 0.3) is 0 Å². The Labute approximate surface area is 94.2 Å². The summed E-state index contributed by atoms with van der Waals surface area (Å²) < 4.78 is 5.35. The highest BCUT2D eigenvalue weighted by Gasteiger charge is 2.25. The van der Waals surface area contributed by atoms with Crippen molar-refractivity contribution in [3.8, 4) is 0 Å². The Bertz CT molecular complexity index is 157. The smallest absolute Gasteiger partial charge is 0.0634 e. The minimum Gasteiger partial charge on any atom is -0.394 e. The van der Waals surface area contributed by atoms with Crippen molar-refractivity contribution in [1.82, 2.24) is 5.32 Å². The molecule has 0 aliphatic heterocycles. The Balaban J connectivity index is 4.02. The predicted molar refractivity (Wildman–Crippen MR) is 64.1 cm³/mol. The van der Waals surface area contributed by atoms with Crippen LogP contribution in [0.15, 0.2) is 0 Å². The number of nitrogens with one attached hydrogen (secondary N) is 1. The number of hydrogen-bond donors (Lipinski definition) is 2. The molecule has 92 valence electrons. The van der Waals surface area contributed by atoms with E-state index in [2.05, 4.69) is 33.0 Å². The van der Waals surface area contributed by atoms with Crippen LogP contribution in [0.4, 0.5) is 0 Å². The summed E-state index contributed by atoms with van der Waals surface area (Å²) in [7, 11) is 1.74. The fourth-order valence-corrected chi connectivity index (χ4v) is 1.51. The Hall–Kier alpha value is -0.120. The standard InChI is InChI=1S/C12H27NO2/c1-6-12(7-2,10-14)13-9-8-11(3,4)15-5/h13-14H,6-10H2,1-5H3. The van der Waals surface area contributed by atoms with E-state index in [1.807, 2.05) is 0 Å². The fraction of sp³-hybridized carbons (Fsp3) is 1.00. The fourth-order valence-electron chi connectivity index (χ4n) is 1.51. The molecule has 0 aromatic heterocycles. The van der Waals surface area contributed by atoms with E-state index in [1.165, 1.54) is 0 Å². The molecule has 0 fully saturated rings. The largest absolute Gasteiger partial charge is 0.394 e. The van der Waals surface area contributed by atoms with Crippen molar-refractivity contribution >= 4 is 0 Å². The lowest BCUT2D eigenvalue weighted by Crippen LogP contribution is -2.49. The van der Waals surface area contributed by atoms with Crippen LogP contribution in [-0.4, -0.2) is 36.5 Å². The maximum atomic E-state index is 9.37. The van der Waals surface area contributed by atoms with Gasteiger partial charge in [0.05, 0.1) is 12.2 Å². The molecule has 0 unspecified atom stereocenters. The topological polar surface area (TPSA) is 41.5 Å². The first-order chi connectivity index (χ1) is 6.95. The van der Waals surface area contributed by atoms with Crippen LogP contribution < -0.4 is 5.32 Å². The molecule has 0 aromatic rings. The summed E-state index contributed by atoms with van der Waals surface area (Å²) in [6.45, 7) is 9.44. The minimum absolute atomic E-state index is 0.0876. The maximum Gasteiger partial charge on any atom is 0.0634 e. The van der Waals surface area contributed by atoms with Gasteiger partial charge in [-0.2, -0.15) is 0 Å². The molecule has 0 saturated carbocycles. The van der Waals surface area contributed by atoms with Crippen LogP contribution in [0.25, 0.3) is 0 Å². The van der Waals surface area contributed by atoms with Crippen molar-refractivity contribution in [3.63, 3.8) is 0 Å². The molecule has 0 saturated heterocycles. The van der Waals surface area contributed by atoms with Gasteiger partial charge in [-0.25, -0.2) is 0 Å². The average molecular weight is 217 g/mol. The Morgan fingerprint density at radius 2 is 1.73 bits per heavy atom. The second-order valence-corrected chi connectivity index (χ2v) is 4.79. The van der Waals surface area contributed by atoms with E-state index in [4.69, 9.17) is 4.74 Å². The van der Waals surface area contributed by atoms with Crippen LogP contribution in [-0.2, 0) is 4.74 Å². The molecule has 2 N–H and O–H groups in total. The van der Waals surface area contributed by atoms with Crippen molar-refractivity contribution in [3.05, 3.63) is 0 Å². The van der Waals surface area contributed by atoms with E-state index in [1.54, 1.807) is 7.11 Å². The number of aliphatic hydroxyl groups excluding tert-OH is 1. The molecular formula is C12H27NO2. The van der Waals surface area contributed by atoms with Crippen molar-refractivity contribution < 1.29 is 9.84 Å². The van der Waals surface area contributed by atoms with Gasteiger partial charge in [-0.3, -0.25) is 0 Å². The SMILES string of the molecule is CCC(CC)(CO)NCCC(C)(C)OC. The molecule has 0 bridgehead atoms. The summed E-state index contributed by atoms with van der Waals surface area (Å²) in [6, 6.07) is 0. The first-order valence-electron chi connectivity index (χ1n) is 5.86. The van der Waals surface area contributed by atoms with Crippen LogP contribution in [0.2, 0.25) is 0 Å². The molecule has 0 aliphatic rings. The highest BCUT2D eigenvalue weighted by molar-refractivity contribution is 4.85. The number of ether oxygens (including phenoxy) is 1. The third-order valence-corrected chi connectivity index (χ3v) is 3.44. The first kappa shape index (κ1) is 14.9. The molecule has 0 heterocycles. The van der Waals surface area contributed by atoms with Crippen LogP contribution >= 0.6 is 0 Å². The quantitative estimate of drug-likeness (QED) is 0.653. The second kappa shape index (κ2) is 6.46. The van der Waals surface area contributed by atoms with Crippen LogP contribution in [0.1, 0.15) is 47.0 Å². The summed E-state index contributed by atoms with van der Waals surface area (Å²) in [4.78, 5) is 0. The lowest BCUT2D eigenvalue weighted by atomic mass is 9.93. The highest BCUT2D eigenvalue weighted by atomic mass is 16.5. The normalized spacial score (nSPS) is 13.2. The van der Waals surface area contributed by atoms with Crippen molar-refractivity contribution in [1.29, 1.82) is 0 Å². The Morgan fingerprint density at radius 1 is 1.20 bits per heavy atom. The zero-order valence-corrected chi connectivity index (χ0v) is 10.9. The van der Waals surface area contributed by atoms with Gasteiger partial charge in [-0.05, 0) is 39.7 Å². The van der Waals surface area contributed by atoms with Crippen LogP contribution in [0.5, 0.6) is 0 Å². The van der Waals surface area contributed by atoms with Gasteiger partial charge in [-0.15, -0.1) is 0 Å². The molecule has 3 nitrogen and oxygen atoms in total. The van der Waals surface area contributed by atoms with Crippen LogP contribution in [0, 0.1) is 0 Å². The summed E-state index contributed by atoms with van der Waals surface area (Å²) in [5.74, 6) is 0. The third kappa shape index (κ3) is 4.96. The molecule has 3 heteroatoms. The van der Waals surface area contributed by atoms with Gasteiger partial charge in [0, 0.05) is 12.6 Å². The zero-order valence-electron chi connectivity index (χ0n) is 10.9. The van der Waals surface area contributed by atoms with E-state index < -0.39 is 0 Å². The summed E-state index contributed by atoms with van der Waals surface area (Å²) in [6.07, 6.45) is 2.85. The monoisotopic (exact) mass is 217 g/mol. The molecule has 0 radical (unpaired) electrons. The van der Waals surface area contributed by atoms with E-state index in [9.17, 15) is 5.11 Å². The summed E-state index contributed by atoms with van der Waals surface area (Å²) in [5.41, 5.74) is -0.195. The molecule has 0 atom stereocenters. The molecule has 0 aromatic carbocycles. The van der Waals surface area contributed by atoms with Crippen molar-refractivity contribution in [2.24, 2.45) is 0 Å². The van der Waals surface area contributed by atoms with E-state index in [-0.39, 0.29) is 17.7 Å². The van der Waals surface area contributed by atoms with Crippen molar-refractivity contribution in [2.75, 3.05) is 20.3 Å². The van der Waals surface area contributed by atoms with E-state index in [0.717, 1.165) is 25.8 Å². The van der Waals surface area contributed by atoms with Crippen molar-refractivity contribution in [2.45, 2.75) is 58.1 Å². The Morgan fingerprint density at radius 3 is 2.07 bits per heavy atom. The van der Waals surface area contributed by atoms with Gasteiger partial charge >= 0.3 is 0 Å².